The second-order valence-corrected chi connectivity index (χ2v) is 4.44. The van der Waals surface area contributed by atoms with Gasteiger partial charge in [0.25, 0.3) is 0 Å². The van der Waals surface area contributed by atoms with Gasteiger partial charge in [0.05, 0.1) is 5.69 Å². The van der Waals surface area contributed by atoms with Crippen LogP contribution in [-0.2, 0) is 6.54 Å². The number of phenolic OH excluding ortho intramolecular Hbond substituents is 1. The minimum atomic E-state index is 0.280. The number of aromatic nitrogens is 3. The number of nitrogens with one attached hydrogen (secondary N) is 1. The molecule has 0 radical (unpaired) electrons. The van der Waals surface area contributed by atoms with Crippen molar-refractivity contribution in [2.75, 3.05) is 5.32 Å². The minimum absolute atomic E-state index is 0.280. The molecular formula is C15H14N4O. The maximum atomic E-state index is 9.43. The molecule has 5 nitrogen and oxygen atoms in total. The summed E-state index contributed by atoms with van der Waals surface area (Å²) in [4.78, 5) is 0. The summed E-state index contributed by atoms with van der Waals surface area (Å²) in [6, 6.07) is 15.2. The summed E-state index contributed by atoms with van der Waals surface area (Å²) in [5.74, 6) is 0.280. The molecule has 2 N–H and O–H groups in total. The molecule has 3 rings (SSSR count). The van der Waals surface area contributed by atoms with E-state index in [0.29, 0.717) is 6.54 Å². The number of benzene rings is 2. The molecule has 0 unspecified atom stereocenters. The van der Waals surface area contributed by atoms with Crippen LogP contribution in [0.25, 0.3) is 5.69 Å². The third-order valence-electron chi connectivity index (χ3n) is 2.97. The second kappa shape index (κ2) is 5.44. The normalized spacial score (nSPS) is 10.4. The van der Waals surface area contributed by atoms with E-state index in [1.54, 1.807) is 24.8 Å². The van der Waals surface area contributed by atoms with Gasteiger partial charge in [-0.1, -0.05) is 18.2 Å². The van der Waals surface area contributed by atoms with Gasteiger partial charge < -0.3 is 10.4 Å². The number of hydrogen-bond acceptors (Lipinski definition) is 4. The average molecular weight is 266 g/mol. The van der Waals surface area contributed by atoms with Crippen LogP contribution in [0.15, 0.2) is 61.2 Å². The number of aromatic hydroxyl groups is 1. The van der Waals surface area contributed by atoms with Gasteiger partial charge in [0.15, 0.2) is 0 Å². The average Bonchev–Trinajstić information content (AvgIpc) is 3.00. The Morgan fingerprint density at radius 2 is 1.80 bits per heavy atom. The Bertz CT molecular complexity index is 695. The number of anilines is 1. The van der Waals surface area contributed by atoms with E-state index in [1.807, 2.05) is 41.0 Å². The molecule has 2 aromatic carbocycles. The highest BCUT2D eigenvalue weighted by atomic mass is 16.3. The van der Waals surface area contributed by atoms with Crippen LogP contribution in [0.4, 0.5) is 5.69 Å². The number of hydrogen-bond donors (Lipinski definition) is 2. The first-order chi connectivity index (χ1) is 9.81. The van der Waals surface area contributed by atoms with Gasteiger partial charge in [0, 0.05) is 12.2 Å². The van der Waals surface area contributed by atoms with Crippen molar-refractivity contribution in [1.82, 2.24) is 14.8 Å². The predicted molar refractivity (Wildman–Crippen MR) is 76.8 cm³/mol. The Kier molecular flexibility index (Phi) is 3.33. The van der Waals surface area contributed by atoms with Gasteiger partial charge in [-0.25, -0.2) is 0 Å². The standard InChI is InChI=1S/C15H14N4O/c20-15-6-1-3-12(7-15)9-16-13-4-2-5-14(8-13)19-10-17-18-11-19/h1-8,10-11,16,20H,9H2. The summed E-state index contributed by atoms with van der Waals surface area (Å²) in [5.41, 5.74) is 3.02. The first-order valence-electron chi connectivity index (χ1n) is 6.28. The maximum Gasteiger partial charge on any atom is 0.123 e. The van der Waals surface area contributed by atoms with E-state index < -0.39 is 0 Å². The monoisotopic (exact) mass is 266 g/mol. The van der Waals surface area contributed by atoms with Crippen LogP contribution < -0.4 is 5.32 Å². The van der Waals surface area contributed by atoms with Crippen molar-refractivity contribution in [3.63, 3.8) is 0 Å². The van der Waals surface area contributed by atoms with E-state index in [0.717, 1.165) is 16.9 Å². The lowest BCUT2D eigenvalue weighted by molar-refractivity contribution is 0.474. The Hall–Kier alpha value is -2.82. The first kappa shape index (κ1) is 12.2. The molecule has 0 spiro atoms. The molecule has 0 aliphatic heterocycles. The van der Waals surface area contributed by atoms with Gasteiger partial charge >= 0.3 is 0 Å². The van der Waals surface area contributed by atoms with Crippen molar-refractivity contribution in [2.24, 2.45) is 0 Å². The molecule has 0 aliphatic carbocycles. The van der Waals surface area contributed by atoms with E-state index in [2.05, 4.69) is 15.5 Å². The highest BCUT2D eigenvalue weighted by Gasteiger charge is 1.99. The van der Waals surface area contributed by atoms with Crippen molar-refractivity contribution in [3.8, 4) is 11.4 Å². The topological polar surface area (TPSA) is 63.0 Å². The molecule has 20 heavy (non-hydrogen) atoms. The molecule has 1 aromatic heterocycles. The SMILES string of the molecule is Oc1cccc(CNc2cccc(-n3cnnc3)c2)c1. The summed E-state index contributed by atoms with van der Waals surface area (Å²) in [6.45, 7) is 0.653. The summed E-state index contributed by atoms with van der Waals surface area (Å²) in [6.07, 6.45) is 3.32. The summed E-state index contributed by atoms with van der Waals surface area (Å²) in [7, 11) is 0. The number of phenols is 1. The van der Waals surface area contributed by atoms with Crippen LogP contribution in [0.3, 0.4) is 0 Å². The van der Waals surface area contributed by atoms with Gasteiger partial charge in [-0.15, -0.1) is 10.2 Å². The molecule has 5 heteroatoms. The van der Waals surface area contributed by atoms with Crippen LogP contribution in [0.1, 0.15) is 5.56 Å². The zero-order chi connectivity index (χ0) is 13.8. The Labute approximate surface area is 116 Å². The molecule has 0 bridgehead atoms. The van der Waals surface area contributed by atoms with Crippen molar-refractivity contribution in [2.45, 2.75) is 6.54 Å². The Balaban J connectivity index is 1.73. The molecule has 0 aliphatic rings. The lowest BCUT2D eigenvalue weighted by Crippen LogP contribution is -2.00. The molecule has 0 atom stereocenters. The van der Waals surface area contributed by atoms with Crippen LogP contribution in [0, 0.1) is 0 Å². The fraction of sp³-hybridized carbons (Fsp3) is 0.0667. The van der Waals surface area contributed by atoms with E-state index in [4.69, 9.17) is 0 Å². The molecule has 0 saturated carbocycles. The highest BCUT2D eigenvalue weighted by Crippen LogP contribution is 2.16. The van der Waals surface area contributed by atoms with Crippen LogP contribution >= 0.6 is 0 Å². The van der Waals surface area contributed by atoms with Crippen molar-refractivity contribution in [3.05, 3.63) is 66.7 Å². The van der Waals surface area contributed by atoms with Gasteiger partial charge in [-0.05, 0) is 35.9 Å². The smallest absolute Gasteiger partial charge is 0.123 e. The zero-order valence-electron chi connectivity index (χ0n) is 10.8. The quantitative estimate of drug-likeness (QED) is 0.762. The third-order valence-corrected chi connectivity index (χ3v) is 2.97. The van der Waals surface area contributed by atoms with E-state index in [9.17, 15) is 5.11 Å². The van der Waals surface area contributed by atoms with Gasteiger partial charge in [0.1, 0.15) is 18.4 Å². The van der Waals surface area contributed by atoms with Crippen LogP contribution in [0.2, 0.25) is 0 Å². The summed E-state index contributed by atoms with van der Waals surface area (Å²) >= 11 is 0. The molecule has 100 valence electrons. The highest BCUT2D eigenvalue weighted by molar-refractivity contribution is 5.51. The number of nitrogens with zero attached hydrogens (tertiary/aromatic N) is 3. The molecule has 3 aromatic rings. The lowest BCUT2D eigenvalue weighted by Gasteiger charge is -2.09. The lowest BCUT2D eigenvalue weighted by atomic mass is 10.2. The van der Waals surface area contributed by atoms with Gasteiger partial charge in [-0.3, -0.25) is 4.57 Å². The van der Waals surface area contributed by atoms with Crippen molar-refractivity contribution >= 4 is 5.69 Å². The largest absolute Gasteiger partial charge is 0.508 e. The van der Waals surface area contributed by atoms with Crippen molar-refractivity contribution in [1.29, 1.82) is 0 Å². The number of rotatable bonds is 4. The minimum Gasteiger partial charge on any atom is -0.508 e. The second-order valence-electron chi connectivity index (χ2n) is 4.44. The van der Waals surface area contributed by atoms with Gasteiger partial charge in [0.2, 0.25) is 0 Å². The molecule has 0 saturated heterocycles. The van der Waals surface area contributed by atoms with Crippen LogP contribution in [-0.4, -0.2) is 19.9 Å². The maximum absolute atomic E-state index is 9.43. The fourth-order valence-electron chi connectivity index (χ4n) is 1.98. The summed E-state index contributed by atoms with van der Waals surface area (Å²) < 4.78 is 1.85. The molecule has 0 amide bonds. The Morgan fingerprint density at radius 3 is 2.60 bits per heavy atom. The molecule has 0 fully saturated rings. The van der Waals surface area contributed by atoms with E-state index in [-0.39, 0.29) is 5.75 Å². The predicted octanol–water partition coefficient (Wildman–Crippen LogP) is 2.58. The van der Waals surface area contributed by atoms with E-state index >= 15 is 0 Å². The van der Waals surface area contributed by atoms with Gasteiger partial charge in [-0.2, -0.15) is 0 Å². The molecular weight excluding hydrogens is 252 g/mol. The van der Waals surface area contributed by atoms with Crippen LogP contribution in [0.5, 0.6) is 5.75 Å². The molecule has 1 heterocycles. The third kappa shape index (κ3) is 2.77. The van der Waals surface area contributed by atoms with Crippen molar-refractivity contribution < 1.29 is 5.11 Å². The Morgan fingerprint density at radius 1 is 1.00 bits per heavy atom. The fourth-order valence-corrected chi connectivity index (χ4v) is 1.98. The van der Waals surface area contributed by atoms with E-state index in [1.165, 1.54) is 0 Å². The first-order valence-corrected chi connectivity index (χ1v) is 6.28. The summed E-state index contributed by atoms with van der Waals surface area (Å²) in [5, 5.41) is 20.4. The zero-order valence-corrected chi connectivity index (χ0v) is 10.8.